The van der Waals surface area contributed by atoms with Crippen LogP contribution < -0.4 is 10.2 Å². The van der Waals surface area contributed by atoms with Crippen LogP contribution in [0.25, 0.3) is 10.6 Å². The van der Waals surface area contributed by atoms with Gasteiger partial charge in [-0.05, 0) is 57.7 Å². The lowest BCUT2D eigenvalue weighted by atomic mass is 10.2. The fourth-order valence-corrected chi connectivity index (χ4v) is 4.27. The summed E-state index contributed by atoms with van der Waals surface area (Å²) >= 11 is 5.21. The van der Waals surface area contributed by atoms with Crippen LogP contribution in [0, 0.1) is 0 Å². The van der Waals surface area contributed by atoms with Crippen LogP contribution in [0.3, 0.4) is 0 Å². The molecule has 1 saturated heterocycles. The number of thiophene rings is 1. The van der Waals surface area contributed by atoms with Gasteiger partial charge in [-0.25, -0.2) is 9.97 Å². The van der Waals surface area contributed by atoms with E-state index in [1.807, 2.05) is 17.5 Å². The predicted octanol–water partition coefficient (Wildman–Crippen LogP) is 4.55. The van der Waals surface area contributed by atoms with E-state index in [2.05, 4.69) is 60.4 Å². The first-order chi connectivity index (χ1) is 12.3. The molecule has 5 nitrogen and oxygen atoms in total. The largest absolute Gasteiger partial charge is 0.378 e. The van der Waals surface area contributed by atoms with Crippen molar-refractivity contribution in [1.82, 2.24) is 9.97 Å². The van der Waals surface area contributed by atoms with Crippen LogP contribution in [-0.2, 0) is 4.74 Å². The Morgan fingerprint density at radius 1 is 1.08 bits per heavy atom. The highest BCUT2D eigenvalue weighted by atomic mass is 79.9. The normalized spacial score (nSPS) is 14.5. The fourth-order valence-electron chi connectivity index (χ4n) is 2.73. The van der Waals surface area contributed by atoms with Crippen LogP contribution in [0.4, 0.5) is 17.3 Å². The molecule has 7 heteroatoms. The van der Waals surface area contributed by atoms with Gasteiger partial charge in [0, 0.05) is 35.1 Å². The summed E-state index contributed by atoms with van der Waals surface area (Å²) in [7, 11) is 0. The zero-order valence-corrected chi connectivity index (χ0v) is 15.9. The molecule has 1 fully saturated rings. The summed E-state index contributed by atoms with van der Waals surface area (Å²) in [4.78, 5) is 12.4. The van der Waals surface area contributed by atoms with E-state index < -0.39 is 0 Å². The fraction of sp³-hybridized carbons (Fsp3) is 0.222. The summed E-state index contributed by atoms with van der Waals surface area (Å²) in [6.07, 6.45) is 1.78. The van der Waals surface area contributed by atoms with E-state index in [-0.39, 0.29) is 0 Å². The van der Waals surface area contributed by atoms with Crippen molar-refractivity contribution < 1.29 is 4.74 Å². The van der Waals surface area contributed by atoms with E-state index in [9.17, 15) is 0 Å². The van der Waals surface area contributed by atoms with Crippen molar-refractivity contribution in [3.05, 3.63) is 52.4 Å². The molecule has 0 atom stereocenters. The molecule has 0 radical (unpaired) electrons. The molecule has 3 aromatic rings. The number of morpholine rings is 1. The van der Waals surface area contributed by atoms with Gasteiger partial charge in [0.2, 0.25) is 5.95 Å². The van der Waals surface area contributed by atoms with E-state index in [4.69, 9.17) is 4.74 Å². The average molecular weight is 417 g/mol. The van der Waals surface area contributed by atoms with Gasteiger partial charge in [0.15, 0.2) is 0 Å². The van der Waals surface area contributed by atoms with Crippen molar-refractivity contribution in [1.29, 1.82) is 0 Å². The van der Waals surface area contributed by atoms with Gasteiger partial charge >= 0.3 is 0 Å². The number of rotatable bonds is 4. The second-order valence-electron chi connectivity index (χ2n) is 5.63. The van der Waals surface area contributed by atoms with Crippen LogP contribution in [0.5, 0.6) is 0 Å². The Hall–Kier alpha value is -1.96. The molecule has 25 heavy (non-hydrogen) atoms. The molecule has 1 aromatic carbocycles. The highest BCUT2D eigenvalue weighted by Gasteiger charge is 2.11. The molecular weight excluding hydrogens is 400 g/mol. The zero-order valence-electron chi connectivity index (χ0n) is 13.5. The molecule has 0 spiro atoms. The number of halogens is 1. The maximum Gasteiger partial charge on any atom is 0.227 e. The SMILES string of the molecule is Brc1ccsc1-c1ccnc(Nc2ccc(N3CCOCC3)cc2)n1. The first-order valence-electron chi connectivity index (χ1n) is 8.06. The molecule has 1 aliphatic heterocycles. The Morgan fingerprint density at radius 3 is 2.60 bits per heavy atom. The summed E-state index contributed by atoms with van der Waals surface area (Å²) < 4.78 is 6.45. The smallest absolute Gasteiger partial charge is 0.227 e. The standard InChI is InChI=1S/C18H17BrN4OS/c19-15-6-12-25-17(15)16-5-7-20-18(22-16)21-13-1-3-14(4-2-13)23-8-10-24-11-9-23/h1-7,12H,8-11H2,(H,20,21,22). The second-order valence-corrected chi connectivity index (χ2v) is 7.40. The summed E-state index contributed by atoms with van der Waals surface area (Å²) in [5.41, 5.74) is 3.09. The highest BCUT2D eigenvalue weighted by Crippen LogP contribution is 2.32. The maximum atomic E-state index is 5.40. The van der Waals surface area contributed by atoms with Crippen LogP contribution in [0.1, 0.15) is 0 Å². The van der Waals surface area contributed by atoms with Gasteiger partial charge in [0.1, 0.15) is 0 Å². The summed E-state index contributed by atoms with van der Waals surface area (Å²) in [5, 5.41) is 5.32. The number of hydrogen-bond acceptors (Lipinski definition) is 6. The lowest BCUT2D eigenvalue weighted by Crippen LogP contribution is -2.36. The lowest BCUT2D eigenvalue weighted by Gasteiger charge is -2.28. The lowest BCUT2D eigenvalue weighted by molar-refractivity contribution is 0.122. The first-order valence-corrected chi connectivity index (χ1v) is 9.73. The van der Waals surface area contributed by atoms with E-state index >= 15 is 0 Å². The van der Waals surface area contributed by atoms with Crippen molar-refractivity contribution in [2.45, 2.75) is 0 Å². The number of anilines is 3. The molecule has 1 N–H and O–H groups in total. The Bertz CT molecular complexity index is 846. The molecule has 0 bridgehead atoms. The maximum absolute atomic E-state index is 5.40. The second kappa shape index (κ2) is 7.51. The van der Waals surface area contributed by atoms with E-state index in [0.717, 1.165) is 47.0 Å². The van der Waals surface area contributed by atoms with Crippen molar-refractivity contribution in [3.63, 3.8) is 0 Å². The molecule has 0 saturated carbocycles. The molecule has 2 aromatic heterocycles. The molecule has 0 unspecified atom stereocenters. The Kier molecular flexibility index (Phi) is 4.96. The van der Waals surface area contributed by atoms with Crippen molar-refractivity contribution in [2.75, 3.05) is 36.5 Å². The van der Waals surface area contributed by atoms with Crippen molar-refractivity contribution in [2.24, 2.45) is 0 Å². The van der Waals surface area contributed by atoms with Gasteiger partial charge in [0.05, 0.1) is 23.8 Å². The number of nitrogens with zero attached hydrogens (tertiary/aromatic N) is 3. The third kappa shape index (κ3) is 3.84. The van der Waals surface area contributed by atoms with Gasteiger partial charge in [-0.1, -0.05) is 0 Å². The number of aromatic nitrogens is 2. The topological polar surface area (TPSA) is 50.3 Å². The Balaban J connectivity index is 1.49. The first kappa shape index (κ1) is 16.5. The van der Waals surface area contributed by atoms with Crippen molar-refractivity contribution >= 4 is 44.6 Å². The van der Waals surface area contributed by atoms with Gasteiger partial charge in [-0.15, -0.1) is 11.3 Å². The number of nitrogens with one attached hydrogen (secondary N) is 1. The van der Waals surface area contributed by atoms with Gasteiger partial charge < -0.3 is 15.0 Å². The quantitative estimate of drug-likeness (QED) is 0.675. The molecular formula is C18H17BrN4OS. The van der Waals surface area contributed by atoms with Crippen molar-refractivity contribution in [3.8, 4) is 10.6 Å². The molecule has 0 aliphatic carbocycles. The monoisotopic (exact) mass is 416 g/mol. The third-order valence-electron chi connectivity index (χ3n) is 4.01. The van der Waals surface area contributed by atoms with E-state index in [0.29, 0.717) is 5.95 Å². The third-order valence-corrected chi connectivity index (χ3v) is 5.87. The van der Waals surface area contributed by atoms with Gasteiger partial charge in [-0.3, -0.25) is 0 Å². The Labute approximate surface area is 158 Å². The molecule has 128 valence electrons. The zero-order chi connectivity index (χ0) is 17.1. The molecule has 1 aliphatic rings. The van der Waals surface area contributed by atoms with Gasteiger partial charge in [0.25, 0.3) is 0 Å². The predicted molar refractivity (Wildman–Crippen MR) is 106 cm³/mol. The van der Waals surface area contributed by atoms with E-state index in [1.54, 1.807) is 17.5 Å². The minimum absolute atomic E-state index is 0.594. The highest BCUT2D eigenvalue weighted by molar-refractivity contribution is 9.10. The summed E-state index contributed by atoms with van der Waals surface area (Å²) in [6, 6.07) is 12.3. The Morgan fingerprint density at radius 2 is 1.88 bits per heavy atom. The summed E-state index contributed by atoms with van der Waals surface area (Å²) in [6.45, 7) is 3.46. The van der Waals surface area contributed by atoms with Crippen LogP contribution in [0.15, 0.2) is 52.4 Å². The average Bonchev–Trinajstić information content (AvgIpc) is 3.09. The number of benzene rings is 1. The minimum Gasteiger partial charge on any atom is -0.378 e. The number of hydrogen-bond donors (Lipinski definition) is 1. The minimum atomic E-state index is 0.594. The summed E-state index contributed by atoms with van der Waals surface area (Å²) in [5.74, 6) is 0.594. The van der Waals surface area contributed by atoms with E-state index in [1.165, 1.54) is 5.69 Å². The molecule has 4 rings (SSSR count). The molecule has 0 amide bonds. The van der Waals surface area contributed by atoms with Crippen LogP contribution >= 0.6 is 27.3 Å². The van der Waals surface area contributed by atoms with Crippen LogP contribution in [0.2, 0.25) is 0 Å². The number of ether oxygens (including phenoxy) is 1. The van der Waals surface area contributed by atoms with Crippen LogP contribution in [-0.4, -0.2) is 36.3 Å². The molecule has 3 heterocycles. The van der Waals surface area contributed by atoms with Gasteiger partial charge in [-0.2, -0.15) is 0 Å².